The Labute approximate surface area is 146 Å². The highest BCUT2D eigenvalue weighted by Crippen LogP contribution is 2.27. The lowest BCUT2D eigenvalue weighted by Gasteiger charge is -2.34. The highest BCUT2D eigenvalue weighted by Gasteiger charge is 2.24. The van der Waals surface area contributed by atoms with Crippen molar-refractivity contribution in [3.8, 4) is 11.5 Å². The van der Waals surface area contributed by atoms with E-state index in [0.29, 0.717) is 37.7 Å². The number of nitrogens with zero attached hydrogens (tertiary/aromatic N) is 2. The Morgan fingerprint density at radius 3 is 2.00 bits per heavy atom. The molecule has 0 spiro atoms. The van der Waals surface area contributed by atoms with Crippen LogP contribution in [0.1, 0.15) is 17.3 Å². The van der Waals surface area contributed by atoms with Crippen molar-refractivity contribution in [2.24, 2.45) is 0 Å². The van der Waals surface area contributed by atoms with E-state index in [1.807, 2.05) is 0 Å². The molecule has 1 N–H and O–H groups in total. The standard InChI is InChI=1S/C17H23N3O5/c1-12(21)19-7-9-20(10-8-19)15(22)11-18-17(23)16-13(24-2)5-4-6-14(16)25-3/h4-6H,7-11H2,1-3H3,(H,18,23). The minimum Gasteiger partial charge on any atom is -0.496 e. The van der Waals surface area contributed by atoms with E-state index in [-0.39, 0.29) is 23.9 Å². The molecule has 1 aromatic rings. The van der Waals surface area contributed by atoms with Gasteiger partial charge < -0.3 is 24.6 Å². The largest absolute Gasteiger partial charge is 0.496 e. The molecule has 8 nitrogen and oxygen atoms in total. The van der Waals surface area contributed by atoms with Crippen LogP contribution in [0.25, 0.3) is 0 Å². The zero-order valence-electron chi connectivity index (χ0n) is 14.7. The van der Waals surface area contributed by atoms with Gasteiger partial charge in [-0.15, -0.1) is 0 Å². The van der Waals surface area contributed by atoms with E-state index in [1.165, 1.54) is 21.1 Å². The van der Waals surface area contributed by atoms with Crippen LogP contribution in [-0.4, -0.2) is 74.5 Å². The number of hydrogen-bond donors (Lipinski definition) is 1. The fourth-order valence-electron chi connectivity index (χ4n) is 2.70. The molecule has 3 amide bonds. The molecule has 0 aliphatic carbocycles. The van der Waals surface area contributed by atoms with Crippen LogP contribution in [-0.2, 0) is 9.59 Å². The molecule has 136 valence electrons. The molecule has 0 bridgehead atoms. The first-order valence-electron chi connectivity index (χ1n) is 8.00. The minimum absolute atomic E-state index is 0.00340. The number of hydrogen-bond acceptors (Lipinski definition) is 5. The van der Waals surface area contributed by atoms with Crippen LogP contribution >= 0.6 is 0 Å². The molecule has 1 aliphatic heterocycles. The van der Waals surface area contributed by atoms with E-state index in [0.717, 1.165) is 0 Å². The summed E-state index contributed by atoms with van der Waals surface area (Å²) in [7, 11) is 2.93. The molecule has 1 fully saturated rings. The predicted molar refractivity (Wildman–Crippen MR) is 90.7 cm³/mol. The number of carbonyl (C=O) groups excluding carboxylic acids is 3. The highest BCUT2D eigenvalue weighted by atomic mass is 16.5. The molecular weight excluding hydrogens is 326 g/mol. The maximum absolute atomic E-state index is 12.4. The molecule has 1 saturated heterocycles. The Kier molecular flexibility index (Phi) is 6.21. The molecule has 2 rings (SSSR count). The van der Waals surface area contributed by atoms with Gasteiger partial charge in [0, 0.05) is 33.1 Å². The fourth-order valence-corrected chi connectivity index (χ4v) is 2.70. The van der Waals surface area contributed by atoms with E-state index >= 15 is 0 Å². The molecule has 0 aromatic heterocycles. The number of nitrogens with one attached hydrogen (secondary N) is 1. The maximum atomic E-state index is 12.4. The first-order valence-corrected chi connectivity index (χ1v) is 8.00. The lowest BCUT2D eigenvalue weighted by Crippen LogP contribution is -2.52. The Morgan fingerprint density at radius 2 is 1.52 bits per heavy atom. The van der Waals surface area contributed by atoms with Crippen LogP contribution < -0.4 is 14.8 Å². The molecule has 25 heavy (non-hydrogen) atoms. The first kappa shape index (κ1) is 18.6. The molecular formula is C17H23N3O5. The second-order valence-corrected chi connectivity index (χ2v) is 5.61. The molecule has 8 heteroatoms. The van der Waals surface area contributed by atoms with Crippen molar-refractivity contribution in [2.75, 3.05) is 46.9 Å². The molecule has 0 atom stereocenters. The van der Waals surface area contributed by atoms with Crippen molar-refractivity contribution in [1.29, 1.82) is 0 Å². The lowest BCUT2D eigenvalue weighted by molar-refractivity contribution is -0.137. The van der Waals surface area contributed by atoms with Crippen LogP contribution in [0, 0.1) is 0 Å². The van der Waals surface area contributed by atoms with Gasteiger partial charge in [0.1, 0.15) is 17.1 Å². The number of methoxy groups -OCH3 is 2. The summed E-state index contributed by atoms with van der Waals surface area (Å²) in [5.41, 5.74) is 0.252. The predicted octanol–water partition coefficient (Wildman–Crippen LogP) is 0.124. The summed E-state index contributed by atoms with van der Waals surface area (Å²) in [6, 6.07) is 5.02. The second-order valence-electron chi connectivity index (χ2n) is 5.61. The van der Waals surface area contributed by atoms with Crippen LogP contribution in [0.5, 0.6) is 11.5 Å². The van der Waals surface area contributed by atoms with Crippen LogP contribution in [0.4, 0.5) is 0 Å². The van der Waals surface area contributed by atoms with Crippen LogP contribution in [0.15, 0.2) is 18.2 Å². The van der Waals surface area contributed by atoms with E-state index in [4.69, 9.17) is 9.47 Å². The van der Waals surface area contributed by atoms with Gasteiger partial charge in [0.25, 0.3) is 5.91 Å². The monoisotopic (exact) mass is 349 g/mol. The summed E-state index contributed by atoms with van der Waals surface area (Å²) >= 11 is 0. The number of ether oxygens (including phenoxy) is 2. The van der Waals surface area contributed by atoms with Gasteiger partial charge in [-0.25, -0.2) is 0 Å². The van der Waals surface area contributed by atoms with E-state index < -0.39 is 5.91 Å². The molecule has 0 radical (unpaired) electrons. The fraction of sp³-hybridized carbons (Fsp3) is 0.471. The summed E-state index contributed by atoms with van der Waals surface area (Å²) in [5.74, 6) is 0.123. The number of rotatable bonds is 5. The zero-order valence-corrected chi connectivity index (χ0v) is 14.7. The van der Waals surface area contributed by atoms with Gasteiger partial charge in [0.15, 0.2) is 0 Å². The SMILES string of the molecule is COc1cccc(OC)c1C(=O)NCC(=O)N1CCN(C(C)=O)CC1. The van der Waals surface area contributed by atoms with Gasteiger partial charge in [0.2, 0.25) is 11.8 Å². The van der Waals surface area contributed by atoms with Crippen molar-refractivity contribution >= 4 is 17.7 Å². The zero-order chi connectivity index (χ0) is 18.4. The molecule has 0 unspecified atom stereocenters. The van der Waals surface area contributed by atoms with E-state index in [2.05, 4.69) is 5.32 Å². The van der Waals surface area contributed by atoms with Crippen LogP contribution in [0.2, 0.25) is 0 Å². The summed E-state index contributed by atoms with van der Waals surface area (Å²) < 4.78 is 10.4. The molecule has 0 saturated carbocycles. The van der Waals surface area contributed by atoms with Crippen molar-refractivity contribution in [2.45, 2.75) is 6.92 Å². The van der Waals surface area contributed by atoms with E-state index in [9.17, 15) is 14.4 Å². The maximum Gasteiger partial charge on any atom is 0.259 e. The Balaban J connectivity index is 1.94. The van der Waals surface area contributed by atoms with Gasteiger partial charge in [-0.3, -0.25) is 14.4 Å². The third-order valence-corrected chi connectivity index (χ3v) is 4.13. The highest BCUT2D eigenvalue weighted by molar-refractivity contribution is 6.01. The molecule has 1 heterocycles. The summed E-state index contributed by atoms with van der Waals surface area (Å²) in [6.45, 7) is 3.33. The van der Waals surface area contributed by atoms with Gasteiger partial charge in [0.05, 0.1) is 20.8 Å². The van der Waals surface area contributed by atoms with Gasteiger partial charge in [-0.2, -0.15) is 0 Å². The third kappa shape index (κ3) is 4.40. The summed E-state index contributed by atoms with van der Waals surface area (Å²) in [4.78, 5) is 39.3. The Morgan fingerprint density at radius 1 is 1.00 bits per heavy atom. The number of benzene rings is 1. The summed E-state index contributed by atoms with van der Waals surface area (Å²) in [6.07, 6.45) is 0. The quantitative estimate of drug-likeness (QED) is 0.816. The first-order chi connectivity index (χ1) is 12.0. The van der Waals surface area contributed by atoms with Gasteiger partial charge in [-0.05, 0) is 12.1 Å². The average molecular weight is 349 g/mol. The van der Waals surface area contributed by atoms with Gasteiger partial charge in [-0.1, -0.05) is 6.07 Å². The molecule has 1 aromatic carbocycles. The van der Waals surface area contributed by atoms with Crippen molar-refractivity contribution in [3.63, 3.8) is 0 Å². The van der Waals surface area contributed by atoms with Crippen LogP contribution in [0.3, 0.4) is 0 Å². The molecule has 1 aliphatic rings. The second kappa shape index (κ2) is 8.36. The number of amides is 3. The average Bonchev–Trinajstić information content (AvgIpc) is 2.64. The van der Waals surface area contributed by atoms with Gasteiger partial charge >= 0.3 is 0 Å². The Hall–Kier alpha value is -2.77. The normalized spacial score (nSPS) is 14.0. The topological polar surface area (TPSA) is 88.2 Å². The minimum atomic E-state index is -0.440. The van der Waals surface area contributed by atoms with Crippen molar-refractivity contribution in [3.05, 3.63) is 23.8 Å². The van der Waals surface area contributed by atoms with Crippen molar-refractivity contribution in [1.82, 2.24) is 15.1 Å². The van der Waals surface area contributed by atoms with E-state index in [1.54, 1.807) is 28.0 Å². The van der Waals surface area contributed by atoms with Crippen molar-refractivity contribution < 1.29 is 23.9 Å². The number of carbonyl (C=O) groups is 3. The Bertz CT molecular complexity index is 631. The lowest BCUT2D eigenvalue weighted by atomic mass is 10.1. The third-order valence-electron chi connectivity index (χ3n) is 4.13. The summed E-state index contributed by atoms with van der Waals surface area (Å²) in [5, 5.41) is 2.61. The number of piperazine rings is 1. The smallest absolute Gasteiger partial charge is 0.259 e.